The third-order valence-electron chi connectivity index (χ3n) is 2.64. The highest BCUT2D eigenvalue weighted by molar-refractivity contribution is 5.69. The molecule has 0 aromatic heterocycles. The normalized spacial score (nSPS) is 12.1. The van der Waals surface area contributed by atoms with E-state index in [-0.39, 0.29) is 18.6 Å². The van der Waals surface area contributed by atoms with E-state index < -0.39 is 0 Å². The lowest BCUT2D eigenvalue weighted by molar-refractivity contribution is -0.144. The standard InChI is InChI=1S/C14H21NO2/c1-2-3-5-10-14(16)17-11-13(15)12-8-6-4-7-9-12/h4,6-9,13H,2-3,5,10-11,15H2,1H3. The predicted octanol–water partition coefficient (Wildman–Crippen LogP) is 2.81. The summed E-state index contributed by atoms with van der Waals surface area (Å²) in [7, 11) is 0. The molecule has 1 aromatic rings. The first-order valence-electron chi connectivity index (χ1n) is 6.20. The molecule has 0 heterocycles. The van der Waals surface area contributed by atoms with E-state index in [1.807, 2.05) is 30.3 Å². The fourth-order valence-electron chi connectivity index (χ4n) is 1.57. The van der Waals surface area contributed by atoms with Gasteiger partial charge in [0.25, 0.3) is 0 Å². The maximum absolute atomic E-state index is 11.4. The molecule has 1 atom stereocenters. The zero-order valence-corrected chi connectivity index (χ0v) is 10.4. The quantitative estimate of drug-likeness (QED) is 0.584. The van der Waals surface area contributed by atoms with Crippen LogP contribution in [-0.2, 0) is 9.53 Å². The first-order chi connectivity index (χ1) is 8.24. The largest absolute Gasteiger partial charge is 0.464 e. The third kappa shape index (κ3) is 5.50. The van der Waals surface area contributed by atoms with Gasteiger partial charge in [-0.05, 0) is 12.0 Å². The summed E-state index contributed by atoms with van der Waals surface area (Å²) in [6, 6.07) is 9.45. The number of nitrogens with two attached hydrogens (primary N) is 1. The molecule has 94 valence electrons. The van der Waals surface area contributed by atoms with Crippen molar-refractivity contribution in [1.82, 2.24) is 0 Å². The van der Waals surface area contributed by atoms with E-state index in [0.717, 1.165) is 24.8 Å². The average molecular weight is 235 g/mol. The Kier molecular flexibility index (Phi) is 6.33. The van der Waals surface area contributed by atoms with E-state index in [2.05, 4.69) is 6.92 Å². The zero-order valence-electron chi connectivity index (χ0n) is 10.4. The zero-order chi connectivity index (χ0) is 12.5. The lowest BCUT2D eigenvalue weighted by Crippen LogP contribution is -2.19. The van der Waals surface area contributed by atoms with E-state index >= 15 is 0 Å². The maximum Gasteiger partial charge on any atom is 0.305 e. The van der Waals surface area contributed by atoms with Gasteiger partial charge in [-0.1, -0.05) is 50.1 Å². The molecule has 0 aliphatic heterocycles. The summed E-state index contributed by atoms with van der Waals surface area (Å²) in [6.07, 6.45) is 3.57. The van der Waals surface area contributed by atoms with Gasteiger partial charge in [-0.3, -0.25) is 4.79 Å². The summed E-state index contributed by atoms with van der Waals surface area (Å²) in [5.74, 6) is -0.148. The van der Waals surface area contributed by atoms with Crippen molar-refractivity contribution in [1.29, 1.82) is 0 Å². The van der Waals surface area contributed by atoms with E-state index in [0.29, 0.717) is 6.42 Å². The van der Waals surface area contributed by atoms with Crippen LogP contribution in [0, 0.1) is 0 Å². The smallest absolute Gasteiger partial charge is 0.305 e. The minimum Gasteiger partial charge on any atom is -0.464 e. The molecule has 1 rings (SSSR count). The van der Waals surface area contributed by atoms with Crippen molar-refractivity contribution < 1.29 is 9.53 Å². The molecule has 0 aliphatic rings. The lowest BCUT2D eigenvalue weighted by Gasteiger charge is -2.12. The molecule has 0 saturated heterocycles. The SMILES string of the molecule is CCCCCC(=O)OCC(N)c1ccccc1. The average Bonchev–Trinajstić information content (AvgIpc) is 2.37. The third-order valence-corrected chi connectivity index (χ3v) is 2.64. The number of carbonyl (C=O) groups excluding carboxylic acids is 1. The number of benzene rings is 1. The molecule has 0 saturated carbocycles. The Morgan fingerprint density at radius 1 is 1.29 bits per heavy atom. The summed E-state index contributed by atoms with van der Waals surface area (Å²) in [6.45, 7) is 2.37. The van der Waals surface area contributed by atoms with Crippen molar-refractivity contribution in [2.75, 3.05) is 6.61 Å². The molecule has 3 nitrogen and oxygen atoms in total. The number of rotatable bonds is 7. The van der Waals surface area contributed by atoms with Gasteiger partial charge >= 0.3 is 5.97 Å². The number of hydrogen-bond acceptors (Lipinski definition) is 3. The van der Waals surface area contributed by atoms with Crippen LogP contribution in [0.2, 0.25) is 0 Å². The van der Waals surface area contributed by atoms with Gasteiger partial charge < -0.3 is 10.5 Å². The summed E-state index contributed by atoms with van der Waals surface area (Å²) < 4.78 is 5.14. The van der Waals surface area contributed by atoms with Crippen LogP contribution in [0.15, 0.2) is 30.3 Å². The van der Waals surface area contributed by atoms with Crippen LogP contribution in [0.5, 0.6) is 0 Å². The van der Waals surface area contributed by atoms with Gasteiger partial charge in [0.05, 0.1) is 6.04 Å². The van der Waals surface area contributed by atoms with E-state index in [1.54, 1.807) is 0 Å². The molecule has 1 unspecified atom stereocenters. The maximum atomic E-state index is 11.4. The van der Waals surface area contributed by atoms with Crippen LogP contribution in [-0.4, -0.2) is 12.6 Å². The molecule has 0 bridgehead atoms. The second-order valence-corrected chi connectivity index (χ2v) is 4.16. The van der Waals surface area contributed by atoms with Crippen molar-refractivity contribution in [2.24, 2.45) is 5.73 Å². The number of hydrogen-bond donors (Lipinski definition) is 1. The van der Waals surface area contributed by atoms with Crippen molar-refractivity contribution in [3.63, 3.8) is 0 Å². The van der Waals surface area contributed by atoms with Crippen LogP contribution in [0.25, 0.3) is 0 Å². The summed E-state index contributed by atoms with van der Waals surface area (Å²) in [4.78, 5) is 11.4. The van der Waals surface area contributed by atoms with E-state index in [1.165, 1.54) is 0 Å². The second kappa shape index (κ2) is 7.85. The Bertz CT molecular complexity index is 324. The van der Waals surface area contributed by atoms with Crippen LogP contribution < -0.4 is 5.73 Å². The Morgan fingerprint density at radius 2 is 2.00 bits per heavy atom. The van der Waals surface area contributed by atoms with Crippen molar-refractivity contribution >= 4 is 5.97 Å². The minimum absolute atomic E-state index is 0.148. The number of esters is 1. The first-order valence-corrected chi connectivity index (χ1v) is 6.20. The monoisotopic (exact) mass is 235 g/mol. The van der Waals surface area contributed by atoms with Gasteiger partial charge in [-0.15, -0.1) is 0 Å². The van der Waals surface area contributed by atoms with Gasteiger partial charge in [0.1, 0.15) is 6.61 Å². The molecule has 2 N–H and O–H groups in total. The van der Waals surface area contributed by atoms with Gasteiger partial charge in [-0.25, -0.2) is 0 Å². The number of carbonyl (C=O) groups is 1. The molecule has 3 heteroatoms. The Labute approximate surface area is 103 Å². The van der Waals surface area contributed by atoms with Crippen LogP contribution in [0.1, 0.15) is 44.2 Å². The van der Waals surface area contributed by atoms with Gasteiger partial charge in [0, 0.05) is 6.42 Å². The summed E-state index contributed by atoms with van der Waals surface area (Å²) in [5.41, 5.74) is 6.92. The highest BCUT2D eigenvalue weighted by Crippen LogP contribution is 2.10. The van der Waals surface area contributed by atoms with Crippen molar-refractivity contribution in [3.8, 4) is 0 Å². The van der Waals surface area contributed by atoms with E-state index in [9.17, 15) is 4.79 Å². The van der Waals surface area contributed by atoms with Gasteiger partial charge in [0.2, 0.25) is 0 Å². The predicted molar refractivity (Wildman–Crippen MR) is 68.5 cm³/mol. The molecule has 0 spiro atoms. The lowest BCUT2D eigenvalue weighted by atomic mass is 10.1. The Hall–Kier alpha value is -1.35. The van der Waals surface area contributed by atoms with Crippen LogP contribution in [0.4, 0.5) is 0 Å². The van der Waals surface area contributed by atoms with Crippen molar-refractivity contribution in [3.05, 3.63) is 35.9 Å². The molecule has 0 fully saturated rings. The van der Waals surface area contributed by atoms with Gasteiger partial charge in [0.15, 0.2) is 0 Å². The fraction of sp³-hybridized carbons (Fsp3) is 0.500. The summed E-state index contributed by atoms with van der Waals surface area (Å²) in [5, 5.41) is 0. The molecule has 0 amide bonds. The molecule has 17 heavy (non-hydrogen) atoms. The van der Waals surface area contributed by atoms with Gasteiger partial charge in [-0.2, -0.15) is 0 Å². The second-order valence-electron chi connectivity index (χ2n) is 4.16. The Morgan fingerprint density at radius 3 is 2.65 bits per heavy atom. The first kappa shape index (κ1) is 13.7. The molecule has 0 aliphatic carbocycles. The van der Waals surface area contributed by atoms with E-state index in [4.69, 9.17) is 10.5 Å². The highest BCUT2D eigenvalue weighted by atomic mass is 16.5. The topological polar surface area (TPSA) is 52.3 Å². The molecule has 1 aromatic carbocycles. The minimum atomic E-state index is -0.230. The van der Waals surface area contributed by atoms with Crippen molar-refractivity contribution in [2.45, 2.75) is 38.6 Å². The Balaban J connectivity index is 2.24. The molecular weight excluding hydrogens is 214 g/mol. The van der Waals surface area contributed by atoms with Crippen LogP contribution >= 0.6 is 0 Å². The number of unbranched alkanes of at least 4 members (excludes halogenated alkanes) is 2. The highest BCUT2D eigenvalue weighted by Gasteiger charge is 2.08. The fourth-order valence-corrected chi connectivity index (χ4v) is 1.57. The molecular formula is C14H21NO2. The molecule has 0 radical (unpaired) electrons. The summed E-state index contributed by atoms with van der Waals surface area (Å²) >= 11 is 0. The number of ether oxygens (including phenoxy) is 1. The van der Waals surface area contributed by atoms with Crippen LogP contribution in [0.3, 0.4) is 0 Å².